The number of aryl methyl sites for hydroxylation is 1. The largest absolute Gasteiger partial charge is 0.324 e. The zero-order valence-electron chi connectivity index (χ0n) is 7.82. The van der Waals surface area contributed by atoms with Crippen LogP contribution >= 0.6 is 11.3 Å². The van der Waals surface area contributed by atoms with Crippen LogP contribution in [0.3, 0.4) is 0 Å². The molecule has 0 atom stereocenters. The first-order valence-corrected chi connectivity index (χ1v) is 5.17. The molecule has 0 aliphatic rings. The summed E-state index contributed by atoms with van der Waals surface area (Å²) < 4.78 is 0. The van der Waals surface area contributed by atoms with Gasteiger partial charge < -0.3 is 5.73 Å². The first-order valence-electron chi connectivity index (χ1n) is 4.29. The zero-order chi connectivity index (χ0) is 9.97. The third-order valence-electron chi connectivity index (χ3n) is 1.75. The molecule has 0 fully saturated rings. The van der Waals surface area contributed by atoms with E-state index in [2.05, 4.69) is 20.2 Å². The van der Waals surface area contributed by atoms with Gasteiger partial charge in [-0.05, 0) is 6.92 Å². The van der Waals surface area contributed by atoms with Gasteiger partial charge in [0.25, 0.3) is 0 Å². The number of nitrogens with one attached hydrogen (secondary N) is 1. The van der Waals surface area contributed by atoms with Crippen molar-refractivity contribution in [3.8, 4) is 0 Å². The van der Waals surface area contributed by atoms with Crippen LogP contribution in [-0.4, -0.2) is 20.2 Å². The Kier molecular flexibility index (Phi) is 2.55. The molecule has 0 aliphatic heterocycles. The van der Waals surface area contributed by atoms with E-state index in [1.54, 1.807) is 11.3 Å². The van der Waals surface area contributed by atoms with E-state index < -0.39 is 0 Å². The molecule has 0 saturated carbocycles. The fourth-order valence-electron chi connectivity index (χ4n) is 1.13. The molecule has 0 bridgehead atoms. The Labute approximate surface area is 85.4 Å². The van der Waals surface area contributed by atoms with Gasteiger partial charge in [-0.25, -0.2) is 9.97 Å². The summed E-state index contributed by atoms with van der Waals surface area (Å²) in [7, 11) is 0. The average molecular weight is 209 g/mol. The van der Waals surface area contributed by atoms with Gasteiger partial charge in [-0.2, -0.15) is 5.10 Å². The van der Waals surface area contributed by atoms with Crippen molar-refractivity contribution in [2.75, 3.05) is 0 Å². The first-order chi connectivity index (χ1) is 6.78. The quantitative estimate of drug-likeness (QED) is 0.776. The van der Waals surface area contributed by atoms with Gasteiger partial charge in [0.15, 0.2) is 5.82 Å². The fraction of sp³-hybridized carbons (Fsp3) is 0.375. The smallest absolute Gasteiger partial charge is 0.164 e. The van der Waals surface area contributed by atoms with Crippen molar-refractivity contribution in [3.05, 3.63) is 27.7 Å². The normalized spacial score (nSPS) is 10.7. The van der Waals surface area contributed by atoms with Crippen LogP contribution in [0, 0.1) is 6.92 Å². The number of rotatable bonds is 3. The van der Waals surface area contributed by atoms with E-state index in [9.17, 15) is 0 Å². The van der Waals surface area contributed by atoms with Crippen LogP contribution in [0.25, 0.3) is 0 Å². The SMILES string of the molecule is Cc1csc(Cc2nc(CN)n[nH]2)n1. The summed E-state index contributed by atoms with van der Waals surface area (Å²) in [5, 5.41) is 9.86. The summed E-state index contributed by atoms with van der Waals surface area (Å²) in [5.74, 6) is 1.47. The van der Waals surface area contributed by atoms with Gasteiger partial charge in [0.2, 0.25) is 0 Å². The number of aromatic amines is 1. The molecule has 0 amide bonds. The molecular formula is C8H11N5S. The van der Waals surface area contributed by atoms with Crippen molar-refractivity contribution in [3.63, 3.8) is 0 Å². The van der Waals surface area contributed by atoms with Crippen molar-refractivity contribution in [1.82, 2.24) is 20.2 Å². The van der Waals surface area contributed by atoms with Crippen molar-refractivity contribution in [1.29, 1.82) is 0 Å². The molecule has 74 valence electrons. The number of nitrogens with two attached hydrogens (primary N) is 1. The topological polar surface area (TPSA) is 80.5 Å². The maximum Gasteiger partial charge on any atom is 0.164 e. The molecule has 2 aromatic heterocycles. The third kappa shape index (κ3) is 1.97. The summed E-state index contributed by atoms with van der Waals surface area (Å²) >= 11 is 1.63. The van der Waals surface area contributed by atoms with Gasteiger partial charge >= 0.3 is 0 Å². The standard InChI is InChI=1S/C8H11N5S/c1-5-4-14-8(10-5)2-6-11-7(3-9)13-12-6/h4H,2-3,9H2,1H3,(H,11,12,13). The van der Waals surface area contributed by atoms with E-state index in [4.69, 9.17) is 5.73 Å². The van der Waals surface area contributed by atoms with Crippen LogP contribution in [0.1, 0.15) is 22.4 Å². The molecule has 2 rings (SSSR count). The van der Waals surface area contributed by atoms with Gasteiger partial charge in [-0.3, -0.25) is 5.10 Å². The van der Waals surface area contributed by atoms with Crippen molar-refractivity contribution in [2.45, 2.75) is 19.9 Å². The van der Waals surface area contributed by atoms with Crippen LogP contribution in [0.15, 0.2) is 5.38 Å². The molecule has 0 aromatic carbocycles. The number of hydrogen-bond acceptors (Lipinski definition) is 5. The van der Waals surface area contributed by atoms with Gasteiger partial charge in [0.05, 0.1) is 13.0 Å². The minimum absolute atomic E-state index is 0.368. The van der Waals surface area contributed by atoms with E-state index in [0.717, 1.165) is 16.5 Å². The molecule has 2 heterocycles. The predicted molar refractivity (Wildman–Crippen MR) is 53.9 cm³/mol. The lowest BCUT2D eigenvalue weighted by Crippen LogP contribution is -1.98. The summed E-state index contributed by atoms with van der Waals surface area (Å²) in [6.07, 6.45) is 0.700. The molecule has 14 heavy (non-hydrogen) atoms. The van der Waals surface area contributed by atoms with E-state index >= 15 is 0 Å². The summed E-state index contributed by atoms with van der Waals surface area (Å²) in [4.78, 5) is 8.55. The Balaban J connectivity index is 2.10. The molecule has 0 unspecified atom stereocenters. The molecule has 0 radical (unpaired) electrons. The lowest BCUT2D eigenvalue weighted by molar-refractivity contribution is 0.916. The molecular weight excluding hydrogens is 198 g/mol. The second-order valence-electron chi connectivity index (χ2n) is 2.96. The summed E-state index contributed by atoms with van der Waals surface area (Å²) in [5.41, 5.74) is 6.45. The number of thiazole rings is 1. The van der Waals surface area contributed by atoms with Gasteiger partial charge in [-0.15, -0.1) is 11.3 Å². The fourth-order valence-corrected chi connectivity index (χ4v) is 1.91. The second-order valence-corrected chi connectivity index (χ2v) is 3.90. The Bertz CT molecular complexity index is 419. The maximum absolute atomic E-state index is 5.40. The lowest BCUT2D eigenvalue weighted by atomic mass is 10.4. The number of nitrogens with zero attached hydrogens (tertiary/aromatic N) is 3. The Morgan fingerprint density at radius 2 is 2.36 bits per heavy atom. The molecule has 0 aliphatic carbocycles. The van der Waals surface area contributed by atoms with Crippen LogP contribution in [0.5, 0.6) is 0 Å². The minimum Gasteiger partial charge on any atom is -0.324 e. The summed E-state index contributed by atoms with van der Waals surface area (Å²) in [6.45, 7) is 2.35. The number of aromatic nitrogens is 4. The van der Waals surface area contributed by atoms with Crippen molar-refractivity contribution < 1.29 is 0 Å². The molecule has 5 nitrogen and oxygen atoms in total. The average Bonchev–Trinajstić information content (AvgIpc) is 2.76. The first kappa shape index (κ1) is 9.29. The molecule has 0 spiro atoms. The number of hydrogen-bond donors (Lipinski definition) is 2. The van der Waals surface area contributed by atoms with E-state index in [0.29, 0.717) is 18.8 Å². The highest BCUT2D eigenvalue weighted by Crippen LogP contribution is 2.11. The van der Waals surface area contributed by atoms with Gasteiger partial charge in [0, 0.05) is 11.1 Å². The Morgan fingerprint density at radius 1 is 1.50 bits per heavy atom. The highest BCUT2D eigenvalue weighted by Gasteiger charge is 2.05. The van der Waals surface area contributed by atoms with E-state index in [-0.39, 0.29) is 0 Å². The summed E-state index contributed by atoms with van der Waals surface area (Å²) in [6, 6.07) is 0. The molecule has 2 aromatic rings. The van der Waals surface area contributed by atoms with Crippen LogP contribution in [0.4, 0.5) is 0 Å². The van der Waals surface area contributed by atoms with Crippen molar-refractivity contribution >= 4 is 11.3 Å². The van der Waals surface area contributed by atoms with E-state index in [1.807, 2.05) is 12.3 Å². The molecule has 0 saturated heterocycles. The zero-order valence-corrected chi connectivity index (χ0v) is 8.64. The van der Waals surface area contributed by atoms with Gasteiger partial charge in [0.1, 0.15) is 10.8 Å². The highest BCUT2D eigenvalue weighted by atomic mass is 32.1. The lowest BCUT2D eigenvalue weighted by Gasteiger charge is -1.88. The second kappa shape index (κ2) is 3.85. The van der Waals surface area contributed by atoms with Crippen molar-refractivity contribution in [2.24, 2.45) is 5.73 Å². The Hall–Kier alpha value is -1.27. The molecule has 6 heteroatoms. The highest BCUT2D eigenvalue weighted by molar-refractivity contribution is 7.09. The van der Waals surface area contributed by atoms with Crippen LogP contribution < -0.4 is 5.73 Å². The number of H-pyrrole nitrogens is 1. The minimum atomic E-state index is 0.368. The monoisotopic (exact) mass is 209 g/mol. The van der Waals surface area contributed by atoms with E-state index in [1.165, 1.54) is 0 Å². The molecule has 3 N–H and O–H groups in total. The third-order valence-corrected chi connectivity index (χ3v) is 2.71. The maximum atomic E-state index is 5.40. The predicted octanol–water partition coefficient (Wildman–Crippen LogP) is 0.619. The Morgan fingerprint density at radius 3 is 2.93 bits per heavy atom. The van der Waals surface area contributed by atoms with Crippen LogP contribution in [-0.2, 0) is 13.0 Å². The van der Waals surface area contributed by atoms with Gasteiger partial charge in [-0.1, -0.05) is 0 Å². The van der Waals surface area contributed by atoms with Crippen LogP contribution in [0.2, 0.25) is 0 Å².